The fourth-order valence-electron chi connectivity index (χ4n) is 2.89. The van der Waals surface area contributed by atoms with Crippen LogP contribution in [-0.2, 0) is 0 Å². The zero-order chi connectivity index (χ0) is 18.1. The fourth-order valence-corrected chi connectivity index (χ4v) is 3.07. The molecule has 1 aromatic heterocycles. The Morgan fingerprint density at radius 3 is 2.50 bits per heavy atom. The molecule has 0 bridgehead atoms. The number of nitrogens with zero attached hydrogens (tertiary/aromatic N) is 2. The molecule has 26 heavy (non-hydrogen) atoms. The minimum Gasteiger partial charge on any atom is -0.340 e. The average molecular weight is 360 g/mol. The summed E-state index contributed by atoms with van der Waals surface area (Å²) in [5.74, 6) is 1.47. The summed E-state index contributed by atoms with van der Waals surface area (Å²) in [6.45, 7) is 4.06. The highest BCUT2D eigenvalue weighted by Gasteiger charge is 2.10. The molecule has 0 aliphatic rings. The van der Waals surface area contributed by atoms with Crippen molar-refractivity contribution in [3.63, 3.8) is 0 Å². The van der Waals surface area contributed by atoms with E-state index in [-0.39, 0.29) is 0 Å². The minimum atomic E-state index is 0.702. The summed E-state index contributed by atoms with van der Waals surface area (Å²) in [5, 5.41) is 5.11. The quantitative estimate of drug-likeness (QED) is 0.465. The third-order valence-electron chi connectivity index (χ3n) is 4.31. The van der Waals surface area contributed by atoms with Gasteiger partial charge in [0.1, 0.15) is 5.82 Å². The first-order valence-electron chi connectivity index (χ1n) is 8.47. The van der Waals surface area contributed by atoms with Crippen LogP contribution in [0.4, 0.5) is 11.5 Å². The highest BCUT2D eigenvalue weighted by atomic mass is 35.5. The van der Waals surface area contributed by atoms with Crippen molar-refractivity contribution < 1.29 is 0 Å². The molecule has 0 fully saturated rings. The second-order valence-electron chi connectivity index (χ2n) is 6.37. The zero-order valence-electron chi connectivity index (χ0n) is 14.6. The van der Waals surface area contributed by atoms with Gasteiger partial charge in [0.25, 0.3) is 0 Å². The molecular formula is C22H18ClN3. The molecule has 4 heteroatoms. The van der Waals surface area contributed by atoms with Crippen LogP contribution in [0.2, 0.25) is 5.02 Å². The van der Waals surface area contributed by atoms with Crippen molar-refractivity contribution in [1.29, 1.82) is 0 Å². The van der Waals surface area contributed by atoms with Crippen molar-refractivity contribution in [2.75, 3.05) is 5.32 Å². The molecule has 3 aromatic carbocycles. The second-order valence-corrected chi connectivity index (χ2v) is 6.78. The first kappa shape index (κ1) is 16.6. The van der Waals surface area contributed by atoms with Gasteiger partial charge in [0.15, 0.2) is 5.82 Å². The summed E-state index contributed by atoms with van der Waals surface area (Å²) in [5.41, 5.74) is 5.03. The van der Waals surface area contributed by atoms with Gasteiger partial charge in [-0.2, -0.15) is 0 Å². The van der Waals surface area contributed by atoms with E-state index in [0.29, 0.717) is 5.82 Å². The molecule has 0 amide bonds. The summed E-state index contributed by atoms with van der Waals surface area (Å²) in [7, 11) is 0. The predicted molar refractivity (Wildman–Crippen MR) is 109 cm³/mol. The van der Waals surface area contributed by atoms with E-state index in [1.807, 2.05) is 61.5 Å². The Balaban J connectivity index is 1.85. The maximum Gasteiger partial charge on any atom is 0.162 e. The molecular weight excluding hydrogens is 342 g/mol. The van der Waals surface area contributed by atoms with Crippen molar-refractivity contribution in [2.24, 2.45) is 0 Å². The Hall–Kier alpha value is -2.91. The molecule has 0 spiro atoms. The van der Waals surface area contributed by atoms with Gasteiger partial charge >= 0.3 is 0 Å². The molecule has 0 aliphatic carbocycles. The maximum absolute atomic E-state index is 6.27. The average Bonchev–Trinajstić information content (AvgIpc) is 2.65. The van der Waals surface area contributed by atoms with E-state index in [0.717, 1.165) is 38.6 Å². The number of rotatable bonds is 3. The second kappa shape index (κ2) is 6.77. The van der Waals surface area contributed by atoms with Crippen molar-refractivity contribution in [1.82, 2.24) is 9.97 Å². The van der Waals surface area contributed by atoms with E-state index < -0.39 is 0 Å². The summed E-state index contributed by atoms with van der Waals surface area (Å²) in [6.07, 6.45) is 0. The van der Waals surface area contributed by atoms with Gasteiger partial charge < -0.3 is 5.32 Å². The number of aromatic nitrogens is 2. The Labute approximate surface area is 157 Å². The zero-order valence-corrected chi connectivity index (χ0v) is 15.4. The predicted octanol–water partition coefficient (Wildman–Crippen LogP) is 6.31. The number of fused-ring (bicyclic) bond motifs is 1. The molecule has 1 N–H and O–H groups in total. The van der Waals surface area contributed by atoms with Crippen LogP contribution < -0.4 is 5.32 Å². The Morgan fingerprint density at radius 1 is 0.846 bits per heavy atom. The van der Waals surface area contributed by atoms with E-state index in [4.69, 9.17) is 21.6 Å². The minimum absolute atomic E-state index is 0.702. The number of aryl methyl sites for hydroxylation is 2. The monoisotopic (exact) mass is 359 g/mol. The van der Waals surface area contributed by atoms with Gasteiger partial charge in [0, 0.05) is 21.7 Å². The number of nitrogens with one attached hydrogen (secondary N) is 1. The van der Waals surface area contributed by atoms with Crippen LogP contribution in [0.15, 0.2) is 66.7 Å². The normalized spacial score (nSPS) is 10.9. The van der Waals surface area contributed by atoms with Gasteiger partial charge in [0.05, 0.1) is 5.52 Å². The molecule has 1 heterocycles. The van der Waals surface area contributed by atoms with E-state index in [1.54, 1.807) is 0 Å². The molecule has 4 rings (SSSR count). The van der Waals surface area contributed by atoms with Crippen LogP contribution in [0.5, 0.6) is 0 Å². The van der Waals surface area contributed by atoms with E-state index in [2.05, 4.69) is 24.4 Å². The largest absolute Gasteiger partial charge is 0.340 e. The Morgan fingerprint density at radius 2 is 1.69 bits per heavy atom. The Bertz CT molecular complexity index is 1110. The van der Waals surface area contributed by atoms with Crippen molar-refractivity contribution in [3.8, 4) is 11.4 Å². The van der Waals surface area contributed by atoms with Crippen molar-refractivity contribution >= 4 is 34.0 Å². The smallest absolute Gasteiger partial charge is 0.162 e. The van der Waals surface area contributed by atoms with Crippen LogP contribution in [-0.4, -0.2) is 9.97 Å². The third-order valence-corrected chi connectivity index (χ3v) is 4.72. The third kappa shape index (κ3) is 3.26. The number of halogens is 1. The van der Waals surface area contributed by atoms with Crippen LogP contribution in [0, 0.1) is 13.8 Å². The molecule has 0 saturated carbocycles. The summed E-state index contributed by atoms with van der Waals surface area (Å²) >= 11 is 6.27. The SMILES string of the molecule is Cc1cccc(-c2nc(Nc3ccc(C)c(Cl)c3)c3ccccc3n2)c1. The summed E-state index contributed by atoms with van der Waals surface area (Å²) in [6, 6.07) is 22.1. The van der Waals surface area contributed by atoms with Gasteiger partial charge in [-0.3, -0.25) is 0 Å². The van der Waals surface area contributed by atoms with Crippen LogP contribution in [0.25, 0.3) is 22.3 Å². The lowest BCUT2D eigenvalue weighted by Gasteiger charge is -2.12. The first-order chi connectivity index (χ1) is 12.6. The number of para-hydroxylation sites is 1. The summed E-state index contributed by atoms with van der Waals surface area (Å²) < 4.78 is 0. The first-order valence-corrected chi connectivity index (χ1v) is 8.85. The fraction of sp³-hybridized carbons (Fsp3) is 0.0909. The lowest BCUT2D eigenvalue weighted by Crippen LogP contribution is -1.99. The molecule has 128 valence electrons. The number of hydrogen-bond donors (Lipinski definition) is 1. The van der Waals surface area contributed by atoms with E-state index in [1.165, 1.54) is 5.56 Å². The molecule has 3 nitrogen and oxygen atoms in total. The molecule has 0 radical (unpaired) electrons. The molecule has 0 unspecified atom stereocenters. The van der Waals surface area contributed by atoms with Gasteiger partial charge in [-0.15, -0.1) is 0 Å². The topological polar surface area (TPSA) is 37.8 Å². The highest BCUT2D eigenvalue weighted by Crippen LogP contribution is 2.29. The van der Waals surface area contributed by atoms with Gasteiger partial charge in [-0.25, -0.2) is 9.97 Å². The lowest BCUT2D eigenvalue weighted by atomic mass is 10.1. The highest BCUT2D eigenvalue weighted by molar-refractivity contribution is 6.31. The molecule has 0 atom stereocenters. The maximum atomic E-state index is 6.27. The van der Waals surface area contributed by atoms with Crippen LogP contribution >= 0.6 is 11.6 Å². The van der Waals surface area contributed by atoms with Crippen LogP contribution in [0.1, 0.15) is 11.1 Å². The number of benzene rings is 3. The lowest BCUT2D eigenvalue weighted by molar-refractivity contribution is 1.22. The van der Waals surface area contributed by atoms with Gasteiger partial charge in [0.2, 0.25) is 0 Å². The molecule has 0 saturated heterocycles. The van der Waals surface area contributed by atoms with Crippen LogP contribution in [0.3, 0.4) is 0 Å². The number of anilines is 2. The number of hydrogen-bond acceptors (Lipinski definition) is 3. The van der Waals surface area contributed by atoms with E-state index in [9.17, 15) is 0 Å². The summed E-state index contributed by atoms with van der Waals surface area (Å²) in [4.78, 5) is 9.54. The molecule has 0 aliphatic heterocycles. The standard InChI is InChI=1S/C22H18ClN3/c1-14-6-5-7-16(12-14)21-25-20-9-4-3-8-18(20)22(26-21)24-17-11-10-15(2)19(23)13-17/h3-13H,1-2H3,(H,24,25,26). The van der Waals surface area contributed by atoms with E-state index >= 15 is 0 Å². The van der Waals surface area contributed by atoms with Crippen molar-refractivity contribution in [2.45, 2.75) is 13.8 Å². The van der Waals surface area contributed by atoms with Crippen molar-refractivity contribution in [3.05, 3.63) is 82.9 Å². The van der Waals surface area contributed by atoms with Gasteiger partial charge in [-0.05, 0) is 49.7 Å². The molecule has 4 aromatic rings. The Kier molecular flexibility index (Phi) is 4.31. The van der Waals surface area contributed by atoms with Gasteiger partial charge in [-0.1, -0.05) is 53.6 Å².